The van der Waals surface area contributed by atoms with E-state index in [2.05, 4.69) is 10.6 Å². The quantitative estimate of drug-likeness (QED) is 0.733. The lowest BCUT2D eigenvalue weighted by Crippen LogP contribution is -2.43. The number of nitrogens with one attached hydrogen (secondary N) is 2. The number of amides is 3. The number of likely N-dealkylation sites (tertiary alicyclic amines) is 1. The Hall–Kier alpha value is -2.86. The second-order valence-corrected chi connectivity index (χ2v) is 6.84. The van der Waals surface area contributed by atoms with E-state index in [1.807, 2.05) is 66.4 Å². The summed E-state index contributed by atoms with van der Waals surface area (Å²) in [6.45, 7) is 2.91. The summed E-state index contributed by atoms with van der Waals surface area (Å²) in [5, 5.41) is 14.7. The van der Waals surface area contributed by atoms with E-state index < -0.39 is 0 Å². The number of carbonyl (C=O) groups excluding carboxylic acids is 2. The summed E-state index contributed by atoms with van der Waals surface area (Å²) < 4.78 is 0. The van der Waals surface area contributed by atoms with Crippen LogP contribution in [-0.4, -0.2) is 34.5 Å². The van der Waals surface area contributed by atoms with Crippen LogP contribution in [0.1, 0.15) is 36.1 Å². The van der Waals surface area contributed by atoms with Crippen molar-refractivity contribution in [3.8, 4) is 0 Å². The summed E-state index contributed by atoms with van der Waals surface area (Å²) in [6, 6.07) is 16.8. The van der Waals surface area contributed by atoms with Gasteiger partial charge in [-0.15, -0.1) is 0 Å². The van der Waals surface area contributed by atoms with Gasteiger partial charge in [0, 0.05) is 19.5 Å². The number of nitrogens with zero attached hydrogens (tertiary/aromatic N) is 1. The number of hydrogen-bond acceptors (Lipinski definition) is 3. The van der Waals surface area contributed by atoms with Crippen LogP contribution >= 0.6 is 0 Å². The van der Waals surface area contributed by atoms with Crippen molar-refractivity contribution in [2.75, 3.05) is 6.54 Å². The zero-order valence-corrected chi connectivity index (χ0v) is 15.4. The van der Waals surface area contributed by atoms with Crippen molar-refractivity contribution in [1.29, 1.82) is 0 Å². The highest BCUT2D eigenvalue weighted by molar-refractivity contribution is 5.82. The summed E-state index contributed by atoms with van der Waals surface area (Å²) in [6.07, 6.45) is 0.315. The Morgan fingerprint density at radius 1 is 1.15 bits per heavy atom. The van der Waals surface area contributed by atoms with Crippen LogP contribution in [0.25, 0.3) is 0 Å². The van der Waals surface area contributed by atoms with Gasteiger partial charge in [0.15, 0.2) is 0 Å². The highest BCUT2D eigenvalue weighted by Crippen LogP contribution is 2.25. The lowest BCUT2D eigenvalue weighted by molar-refractivity contribution is -0.129. The summed E-state index contributed by atoms with van der Waals surface area (Å²) in [4.78, 5) is 26.3. The SMILES string of the molecule is CC(c1ccccc1)N1CC(NC(=O)NCc2ccc(CO)cc2)CC1=O. The third kappa shape index (κ3) is 4.86. The molecule has 3 N–H and O–H groups in total. The first-order chi connectivity index (χ1) is 13.1. The number of aliphatic hydroxyl groups is 1. The lowest BCUT2D eigenvalue weighted by atomic mass is 10.1. The van der Waals surface area contributed by atoms with Crippen molar-refractivity contribution in [2.24, 2.45) is 0 Å². The third-order valence-electron chi connectivity index (χ3n) is 4.90. The molecule has 1 saturated heterocycles. The van der Waals surface area contributed by atoms with E-state index in [9.17, 15) is 9.59 Å². The van der Waals surface area contributed by atoms with E-state index in [1.54, 1.807) is 0 Å². The standard InChI is InChI=1S/C21H25N3O3/c1-15(18-5-3-2-4-6-18)24-13-19(11-20(24)26)23-21(27)22-12-16-7-9-17(14-25)10-8-16/h2-10,15,19,25H,11-14H2,1H3,(H2,22,23,27). The molecule has 1 fully saturated rings. The molecular formula is C21H25N3O3. The lowest BCUT2D eigenvalue weighted by Gasteiger charge is -2.25. The van der Waals surface area contributed by atoms with Gasteiger partial charge in [-0.2, -0.15) is 0 Å². The number of aliphatic hydroxyl groups excluding tert-OH is 1. The Balaban J connectivity index is 1.49. The average molecular weight is 367 g/mol. The van der Waals surface area contributed by atoms with Gasteiger partial charge in [-0.05, 0) is 23.6 Å². The van der Waals surface area contributed by atoms with Crippen LogP contribution in [0.2, 0.25) is 0 Å². The van der Waals surface area contributed by atoms with E-state index in [4.69, 9.17) is 5.11 Å². The van der Waals surface area contributed by atoms with E-state index >= 15 is 0 Å². The normalized spacial score (nSPS) is 17.6. The largest absolute Gasteiger partial charge is 0.392 e. The molecule has 0 aromatic heterocycles. The van der Waals surface area contributed by atoms with Gasteiger partial charge < -0.3 is 20.6 Å². The van der Waals surface area contributed by atoms with Crippen molar-refractivity contribution in [3.05, 3.63) is 71.3 Å². The second kappa shape index (κ2) is 8.68. The Bertz CT molecular complexity index is 777. The van der Waals surface area contributed by atoms with Gasteiger partial charge in [-0.3, -0.25) is 4.79 Å². The molecule has 142 valence electrons. The summed E-state index contributed by atoms with van der Waals surface area (Å²) >= 11 is 0. The van der Waals surface area contributed by atoms with Gasteiger partial charge in [0.2, 0.25) is 5.91 Å². The molecular weight excluding hydrogens is 342 g/mol. The molecule has 3 rings (SSSR count). The first-order valence-electron chi connectivity index (χ1n) is 9.14. The monoisotopic (exact) mass is 367 g/mol. The smallest absolute Gasteiger partial charge is 0.315 e. The Kier molecular flexibility index (Phi) is 6.08. The molecule has 0 aliphatic carbocycles. The van der Waals surface area contributed by atoms with Crippen molar-refractivity contribution in [3.63, 3.8) is 0 Å². The first kappa shape index (κ1) is 18.9. The van der Waals surface area contributed by atoms with Crippen molar-refractivity contribution < 1.29 is 14.7 Å². The average Bonchev–Trinajstić information content (AvgIpc) is 3.06. The van der Waals surface area contributed by atoms with Gasteiger partial charge in [0.05, 0.1) is 18.7 Å². The van der Waals surface area contributed by atoms with Crippen LogP contribution in [0.15, 0.2) is 54.6 Å². The summed E-state index contributed by atoms with van der Waals surface area (Å²) in [5.41, 5.74) is 2.87. The topological polar surface area (TPSA) is 81.7 Å². The van der Waals surface area contributed by atoms with Gasteiger partial charge in [0.25, 0.3) is 0 Å². The van der Waals surface area contributed by atoms with Crippen molar-refractivity contribution in [1.82, 2.24) is 15.5 Å². The number of benzene rings is 2. The molecule has 0 bridgehead atoms. The third-order valence-corrected chi connectivity index (χ3v) is 4.90. The van der Waals surface area contributed by atoms with E-state index in [0.717, 1.165) is 16.7 Å². The molecule has 6 nitrogen and oxygen atoms in total. The molecule has 0 saturated carbocycles. The molecule has 6 heteroatoms. The minimum absolute atomic E-state index is 0.00179. The maximum absolute atomic E-state index is 12.4. The predicted molar refractivity (Wildman–Crippen MR) is 103 cm³/mol. The molecule has 0 radical (unpaired) electrons. The minimum atomic E-state index is -0.284. The molecule has 0 spiro atoms. The van der Waals surface area contributed by atoms with E-state index in [1.165, 1.54) is 0 Å². The zero-order chi connectivity index (χ0) is 19.2. The Morgan fingerprint density at radius 3 is 2.48 bits per heavy atom. The first-order valence-corrected chi connectivity index (χ1v) is 9.14. The van der Waals surface area contributed by atoms with Gasteiger partial charge in [-0.25, -0.2) is 4.79 Å². The molecule has 2 atom stereocenters. The van der Waals surface area contributed by atoms with Crippen LogP contribution in [0.5, 0.6) is 0 Å². The van der Waals surface area contributed by atoms with Gasteiger partial charge in [0.1, 0.15) is 0 Å². The predicted octanol–water partition coefficient (Wildman–Crippen LogP) is 2.34. The van der Waals surface area contributed by atoms with Crippen molar-refractivity contribution in [2.45, 2.75) is 38.6 Å². The fourth-order valence-corrected chi connectivity index (χ4v) is 3.30. The Morgan fingerprint density at radius 2 is 1.81 bits per heavy atom. The molecule has 1 heterocycles. The van der Waals surface area contributed by atoms with Crippen LogP contribution in [0.3, 0.4) is 0 Å². The van der Waals surface area contributed by atoms with Gasteiger partial charge in [-0.1, -0.05) is 54.6 Å². The molecule has 1 aliphatic heterocycles. The highest BCUT2D eigenvalue weighted by atomic mass is 16.3. The van der Waals surface area contributed by atoms with Gasteiger partial charge >= 0.3 is 6.03 Å². The van der Waals surface area contributed by atoms with Crippen LogP contribution in [-0.2, 0) is 17.9 Å². The molecule has 2 aromatic carbocycles. The molecule has 3 amide bonds. The number of hydrogen-bond donors (Lipinski definition) is 3. The van der Waals surface area contributed by atoms with E-state index in [-0.39, 0.29) is 30.6 Å². The summed E-state index contributed by atoms with van der Waals surface area (Å²) in [5.74, 6) is 0.0521. The fourth-order valence-electron chi connectivity index (χ4n) is 3.30. The molecule has 2 unspecified atom stereocenters. The maximum Gasteiger partial charge on any atom is 0.315 e. The summed E-state index contributed by atoms with van der Waals surface area (Å²) in [7, 11) is 0. The number of rotatable bonds is 6. The van der Waals surface area contributed by atoms with E-state index in [0.29, 0.717) is 19.5 Å². The zero-order valence-electron chi connectivity index (χ0n) is 15.4. The maximum atomic E-state index is 12.4. The number of urea groups is 1. The number of carbonyl (C=O) groups is 2. The molecule has 2 aromatic rings. The van der Waals surface area contributed by atoms with Crippen LogP contribution < -0.4 is 10.6 Å². The van der Waals surface area contributed by atoms with Crippen LogP contribution in [0, 0.1) is 0 Å². The molecule has 27 heavy (non-hydrogen) atoms. The minimum Gasteiger partial charge on any atom is -0.392 e. The van der Waals surface area contributed by atoms with Crippen LogP contribution in [0.4, 0.5) is 4.79 Å². The molecule has 1 aliphatic rings. The second-order valence-electron chi connectivity index (χ2n) is 6.84. The highest BCUT2D eigenvalue weighted by Gasteiger charge is 2.33. The fraction of sp³-hybridized carbons (Fsp3) is 0.333. The van der Waals surface area contributed by atoms with Crippen molar-refractivity contribution >= 4 is 11.9 Å². The Labute approximate surface area is 159 Å².